The molecular weight excluding hydrogens is 246 g/mol. The molecule has 0 atom stereocenters. The van der Waals surface area contributed by atoms with Crippen LogP contribution in [-0.4, -0.2) is 39.0 Å². The van der Waals surface area contributed by atoms with Gasteiger partial charge < -0.3 is 15.0 Å². The predicted molar refractivity (Wildman–Crippen MR) is 71.3 cm³/mol. The Kier molecular flexibility index (Phi) is 3.50. The zero-order valence-electron chi connectivity index (χ0n) is 10.8. The van der Waals surface area contributed by atoms with Crippen LogP contribution in [0.3, 0.4) is 0 Å². The third kappa shape index (κ3) is 2.16. The Morgan fingerprint density at radius 2 is 2.11 bits per heavy atom. The van der Waals surface area contributed by atoms with Crippen molar-refractivity contribution in [1.82, 2.24) is 14.9 Å². The summed E-state index contributed by atoms with van der Waals surface area (Å²) in [6, 6.07) is 3.15. The highest BCUT2D eigenvalue weighted by atomic mass is 16.3. The van der Waals surface area contributed by atoms with Crippen LogP contribution in [0, 0.1) is 0 Å². The van der Waals surface area contributed by atoms with Crippen molar-refractivity contribution >= 4 is 16.8 Å². The lowest BCUT2D eigenvalue weighted by Gasteiger charge is -2.19. The summed E-state index contributed by atoms with van der Waals surface area (Å²) in [4.78, 5) is 32.0. The van der Waals surface area contributed by atoms with E-state index in [4.69, 9.17) is 0 Å². The number of nitrogens with one attached hydrogen (secondary N) is 1. The van der Waals surface area contributed by atoms with Crippen molar-refractivity contribution in [2.75, 3.05) is 13.1 Å². The van der Waals surface area contributed by atoms with Crippen molar-refractivity contribution in [1.29, 1.82) is 0 Å². The van der Waals surface area contributed by atoms with Gasteiger partial charge in [-0.05, 0) is 26.0 Å². The molecule has 6 heteroatoms. The number of hydrogen-bond donors (Lipinski definition) is 2. The second-order valence-corrected chi connectivity index (χ2v) is 4.05. The van der Waals surface area contributed by atoms with Crippen molar-refractivity contribution in [3.8, 4) is 5.75 Å². The van der Waals surface area contributed by atoms with Crippen LogP contribution < -0.4 is 5.56 Å². The molecule has 0 aliphatic rings. The number of amides is 1. The van der Waals surface area contributed by atoms with Gasteiger partial charge in [-0.25, -0.2) is 0 Å². The number of aromatic nitrogens is 2. The van der Waals surface area contributed by atoms with Crippen molar-refractivity contribution < 1.29 is 9.90 Å². The maximum absolute atomic E-state index is 12.2. The van der Waals surface area contributed by atoms with E-state index in [9.17, 15) is 14.7 Å². The zero-order valence-corrected chi connectivity index (χ0v) is 10.8. The molecular formula is C13H15N3O3. The molecule has 100 valence electrons. The largest absolute Gasteiger partial charge is 0.504 e. The van der Waals surface area contributed by atoms with Crippen LogP contribution in [0.15, 0.2) is 23.1 Å². The number of hydrogen-bond acceptors (Lipinski definition) is 4. The second kappa shape index (κ2) is 5.09. The van der Waals surface area contributed by atoms with Crippen LogP contribution in [0.4, 0.5) is 0 Å². The first-order valence-electron chi connectivity index (χ1n) is 6.09. The third-order valence-electron chi connectivity index (χ3n) is 3.02. The van der Waals surface area contributed by atoms with Crippen LogP contribution >= 0.6 is 0 Å². The van der Waals surface area contributed by atoms with Crippen LogP contribution in [0.25, 0.3) is 10.9 Å². The van der Waals surface area contributed by atoms with E-state index in [1.54, 1.807) is 12.1 Å². The molecule has 2 rings (SSSR count). The first kappa shape index (κ1) is 13.1. The SMILES string of the molecule is CCN(CC)C(=O)c1[nH]c(=O)c2cccnc2c1O. The molecule has 0 unspecified atom stereocenters. The number of carbonyl (C=O) groups excluding carboxylic acids is 1. The third-order valence-corrected chi connectivity index (χ3v) is 3.02. The minimum Gasteiger partial charge on any atom is -0.504 e. The maximum atomic E-state index is 12.2. The molecule has 1 amide bonds. The van der Waals surface area contributed by atoms with Gasteiger partial charge >= 0.3 is 0 Å². The number of fused-ring (bicyclic) bond motifs is 1. The average Bonchev–Trinajstić information content (AvgIpc) is 2.44. The molecule has 0 aromatic carbocycles. The highest BCUT2D eigenvalue weighted by molar-refractivity contribution is 6.00. The number of H-pyrrole nitrogens is 1. The molecule has 6 nitrogen and oxygen atoms in total. The summed E-state index contributed by atoms with van der Waals surface area (Å²) in [6.07, 6.45) is 1.47. The van der Waals surface area contributed by atoms with E-state index in [1.165, 1.54) is 11.1 Å². The Hall–Kier alpha value is -2.37. The van der Waals surface area contributed by atoms with Crippen LogP contribution in [0.5, 0.6) is 5.75 Å². The number of pyridine rings is 2. The number of carbonyl (C=O) groups is 1. The molecule has 19 heavy (non-hydrogen) atoms. The van der Waals surface area contributed by atoms with E-state index in [0.29, 0.717) is 13.1 Å². The number of nitrogens with zero attached hydrogens (tertiary/aromatic N) is 2. The topological polar surface area (TPSA) is 86.3 Å². The molecule has 0 spiro atoms. The standard InChI is InChI=1S/C13H15N3O3/c1-3-16(4-2)13(19)10-11(17)9-8(12(18)15-10)6-5-7-14-9/h5-7,17H,3-4H2,1-2H3,(H,15,18). The fraction of sp³-hybridized carbons (Fsp3) is 0.308. The Morgan fingerprint density at radius 3 is 2.74 bits per heavy atom. The molecule has 0 saturated heterocycles. The van der Waals surface area contributed by atoms with E-state index >= 15 is 0 Å². The molecule has 0 radical (unpaired) electrons. The smallest absolute Gasteiger partial charge is 0.274 e. The lowest BCUT2D eigenvalue weighted by atomic mass is 10.2. The minimum absolute atomic E-state index is 0.111. The summed E-state index contributed by atoms with van der Waals surface area (Å²) < 4.78 is 0. The Morgan fingerprint density at radius 1 is 1.42 bits per heavy atom. The minimum atomic E-state index is -0.434. The van der Waals surface area contributed by atoms with Crippen LogP contribution in [-0.2, 0) is 0 Å². The van der Waals surface area contributed by atoms with Gasteiger partial charge in [-0.2, -0.15) is 0 Å². The first-order valence-corrected chi connectivity index (χ1v) is 6.09. The van der Waals surface area contributed by atoms with Gasteiger partial charge in [0.05, 0.1) is 5.39 Å². The summed E-state index contributed by atoms with van der Waals surface area (Å²) in [5.41, 5.74) is -0.405. The van der Waals surface area contributed by atoms with Gasteiger partial charge in [0, 0.05) is 19.3 Å². The van der Waals surface area contributed by atoms with Gasteiger partial charge in [-0.15, -0.1) is 0 Å². The summed E-state index contributed by atoms with van der Waals surface area (Å²) in [7, 11) is 0. The van der Waals surface area contributed by atoms with Gasteiger partial charge in [-0.3, -0.25) is 14.6 Å². The second-order valence-electron chi connectivity index (χ2n) is 4.05. The van der Waals surface area contributed by atoms with E-state index in [1.807, 2.05) is 13.8 Å². The molecule has 0 aliphatic heterocycles. The van der Waals surface area contributed by atoms with E-state index in [-0.39, 0.29) is 22.3 Å². The van der Waals surface area contributed by atoms with Crippen molar-refractivity contribution in [3.05, 3.63) is 34.4 Å². The highest BCUT2D eigenvalue weighted by Gasteiger charge is 2.21. The molecule has 2 N–H and O–H groups in total. The Labute approximate surface area is 109 Å². The summed E-state index contributed by atoms with van der Waals surface area (Å²) >= 11 is 0. The Bertz CT molecular complexity index is 674. The maximum Gasteiger partial charge on any atom is 0.274 e. The number of aromatic amines is 1. The summed E-state index contributed by atoms with van der Waals surface area (Å²) in [5.74, 6) is -0.695. The van der Waals surface area contributed by atoms with Crippen LogP contribution in [0.2, 0.25) is 0 Å². The molecule has 0 saturated carbocycles. The molecule has 2 aromatic rings. The molecule has 0 fully saturated rings. The van der Waals surface area contributed by atoms with Gasteiger partial charge in [0.25, 0.3) is 11.5 Å². The summed E-state index contributed by atoms with van der Waals surface area (Å²) in [5, 5.41) is 10.4. The predicted octanol–water partition coefficient (Wildman–Crippen LogP) is 1.11. The fourth-order valence-electron chi connectivity index (χ4n) is 1.96. The fourth-order valence-corrected chi connectivity index (χ4v) is 1.96. The highest BCUT2D eigenvalue weighted by Crippen LogP contribution is 2.23. The van der Waals surface area contributed by atoms with Gasteiger partial charge in [-0.1, -0.05) is 0 Å². The Balaban J connectivity index is 2.66. The molecule has 0 aliphatic carbocycles. The molecule has 0 bridgehead atoms. The van der Waals surface area contributed by atoms with E-state index < -0.39 is 11.5 Å². The van der Waals surface area contributed by atoms with Crippen molar-refractivity contribution in [2.24, 2.45) is 0 Å². The van der Waals surface area contributed by atoms with Gasteiger partial charge in [0.15, 0.2) is 11.4 Å². The number of rotatable bonds is 3. The van der Waals surface area contributed by atoms with Gasteiger partial charge in [0.1, 0.15) is 5.52 Å². The van der Waals surface area contributed by atoms with E-state index in [0.717, 1.165) is 0 Å². The van der Waals surface area contributed by atoms with E-state index in [2.05, 4.69) is 9.97 Å². The quantitative estimate of drug-likeness (QED) is 0.866. The van der Waals surface area contributed by atoms with Crippen LogP contribution in [0.1, 0.15) is 24.3 Å². The summed E-state index contributed by atoms with van der Waals surface area (Å²) in [6.45, 7) is 4.65. The monoisotopic (exact) mass is 261 g/mol. The lowest BCUT2D eigenvalue weighted by molar-refractivity contribution is 0.0764. The lowest BCUT2D eigenvalue weighted by Crippen LogP contribution is -2.32. The molecule has 2 heterocycles. The zero-order chi connectivity index (χ0) is 14.0. The average molecular weight is 261 g/mol. The first-order chi connectivity index (χ1) is 9.10. The number of aromatic hydroxyl groups is 1. The van der Waals surface area contributed by atoms with Crippen molar-refractivity contribution in [3.63, 3.8) is 0 Å². The van der Waals surface area contributed by atoms with Crippen molar-refractivity contribution in [2.45, 2.75) is 13.8 Å². The normalized spacial score (nSPS) is 10.6. The molecule has 2 aromatic heterocycles. The van der Waals surface area contributed by atoms with Gasteiger partial charge in [0.2, 0.25) is 0 Å².